The van der Waals surface area contributed by atoms with Crippen LogP contribution in [0.1, 0.15) is 61.1 Å². The van der Waals surface area contributed by atoms with Gasteiger partial charge in [0, 0.05) is 54.0 Å². The predicted octanol–water partition coefficient (Wildman–Crippen LogP) is 4.69. The number of nitrogens with zero attached hydrogens (tertiary/aromatic N) is 2. The number of piperazine rings is 1. The lowest BCUT2D eigenvalue weighted by molar-refractivity contribution is -0.134. The van der Waals surface area contributed by atoms with E-state index in [9.17, 15) is 9.59 Å². The van der Waals surface area contributed by atoms with Gasteiger partial charge in [0.2, 0.25) is 5.91 Å². The van der Waals surface area contributed by atoms with E-state index in [0.29, 0.717) is 37.2 Å². The molecule has 1 aliphatic heterocycles. The zero-order chi connectivity index (χ0) is 20.5. The summed E-state index contributed by atoms with van der Waals surface area (Å²) >= 11 is 1.98. The van der Waals surface area contributed by atoms with Crippen molar-refractivity contribution in [2.45, 2.75) is 55.9 Å². The molecule has 2 amide bonds. The lowest BCUT2D eigenvalue weighted by Gasteiger charge is -2.34. The Bertz CT molecular complexity index is 922. The van der Waals surface area contributed by atoms with Crippen molar-refractivity contribution in [3.05, 3.63) is 35.6 Å². The standard InChI is InChI=1S/C24H30N2O3S/c27-23(17-10-11-17)25-12-14-26(15-13-25)24(28)22-20(16-30-18-6-2-1-3-7-18)19-8-4-5-9-21(19)29-22/h4-5,8-9,17-18H,1-3,6-7,10-16H2. The number of hydrogen-bond donors (Lipinski definition) is 0. The Morgan fingerprint density at radius 3 is 2.37 bits per heavy atom. The first kappa shape index (κ1) is 20.0. The lowest BCUT2D eigenvalue weighted by atomic mass is 10.0. The highest BCUT2D eigenvalue weighted by Crippen LogP contribution is 2.36. The highest BCUT2D eigenvalue weighted by atomic mass is 32.2. The average Bonchev–Trinajstić information content (AvgIpc) is 3.58. The molecule has 6 heteroatoms. The van der Waals surface area contributed by atoms with Crippen LogP contribution in [0.15, 0.2) is 28.7 Å². The van der Waals surface area contributed by atoms with Gasteiger partial charge in [0.25, 0.3) is 5.91 Å². The number of carbonyl (C=O) groups is 2. The van der Waals surface area contributed by atoms with Gasteiger partial charge in [-0.2, -0.15) is 11.8 Å². The summed E-state index contributed by atoms with van der Waals surface area (Å²) < 4.78 is 6.09. The van der Waals surface area contributed by atoms with E-state index < -0.39 is 0 Å². The maximum absolute atomic E-state index is 13.4. The molecule has 1 saturated heterocycles. The Labute approximate surface area is 182 Å². The van der Waals surface area contributed by atoms with E-state index in [0.717, 1.165) is 35.1 Å². The molecule has 5 rings (SSSR count). The quantitative estimate of drug-likeness (QED) is 0.696. The monoisotopic (exact) mass is 426 g/mol. The second-order valence-corrected chi connectivity index (χ2v) is 10.2. The van der Waals surface area contributed by atoms with Crippen molar-refractivity contribution in [1.29, 1.82) is 0 Å². The lowest BCUT2D eigenvalue weighted by Crippen LogP contribution is -2.51. The Morgan fingerprint density at radius 2 is 1.63 bits per heavy atom. The summed E-state index contributed by atoms with van der Waals surface area (Å²) in [5.41, 5.74) is 1.84. The van der Waals surface area contributed by atoms with Crippen molar-refractivity contribution in [2.75, 3.05) is 26.2 Å². The number of hydrogen-bond acceptors (Lipinski definition) is 4. The number of furan rings is 1. The second kappa shape index (κ2) is 8.66. The van der Waals surface area contributed by atoms with Gasteiger partial charge in [-0.1, -0.05) is 37.5 Å². The third kappa shape index (κ3) is 4.11. The topological polar surface area (TPSA) is 53.8 Å². The number of para-hydroxylation sites is 1. The molecule has 2 saturated carbocycles. The van der Waals surface area contributed by atoms with Crippen molar-refractivity contribution in [1.82, 2.24) is 9.80 Å². The summed E-state index contributed by atoms with van der Waals surface area (Å²) in [5, 5.41) is 1.75. The highest BCUT2D eigenvalue weighted by molar-refractivity contribution is 7.99. The van der Waals surface area contributed by atoms with Crippen LogP contribution in [0.3, 0.4) is 0 Å². The van der Waals surface area contributed by atoms with Crippen LogP contribution in [0.2, 0.25) is 0 Å². The van der Waals surface area contributed by atoms with Crippen LogP contribution in [0.25, 0.3) is 11.0 Å². The van der Waals surface area contributed by atoms with Crippen molar-refractivity contribution < 1.29 is 14.0 Å². The molecule has 30 heavy (non-hydrogen) atoms. The summed E-state index contributed by atoms with van der Waals surface area (Å²) in [5.74, 6) is 1.81. The van der Waals surface area contributed by atoms with E-state index in [2.05, 4.69) is 6.07 Å². The van der Waals surface area contributed by atoms with Crippen LogP contribution < -0.4 is 0 Å². The number of fused-ring (bicyclic) bond motifs is 1. The molecule has 0 N–H and O–H groups in total. The van der Waals surface area contributed by atoms with Gasteiger partial charge in [0.15, 0.2) is 5.76 Å². The fourth-order valence-corrected chi connectivity index (χ4v) is 6.07. The normalized spacial score (nSPS) is 20.7. The molecular formula is C24H30N2O3S. The van der Waals surface area contributed by atoms with E-state index in [1.807, 2.05) is 39.8 Å². The van der Waals surface area contributed by atoms with E-state index in [1.165, 1.54) is 32.1 Å². The van der Waals surface area contributed by atoms with Crippen LogP contribution in [-0.4, -0.2) is 53.0 Å². The van der Waals surface area contributed by atoms with Crippen molar-refractivity contribution in [3.63, 3.8) is 0 Å². The molecule has 0 spiro atoms. The van der Waals surface area contributed by atoms with E-state index in [-0.39, 0.29) is 17.7 Å². The maximum atomic E-state index is 13.4. The summed E-state index contributed by atoms with van der Waals surface area (Å²) in [6.07, 6.45) is 8.60. The van der Waals surface area contributed by atoms with Crippen molar-refractivity contribution >= 4 is 34.5 Å². The summed E-state index contributed by atoms with van der Waals surface area (Å²) in [6.45, 7) is 2.44. The average molecular weight is 427 g/mol. The molecular weight excluding hydrogens is 396 g/mol. The SMILES string of the molecule is O=C(c1oc2ccccc2c1CSC1CCCCC1)N1CCN(C(=O)C2CC2)CC1. The zero-order valence-corrected chi connectivity index (χ0v) is 18.3. The molecule has 0 radical (unpaired) electrons. The molecule has 160 valence electrons. The van der Waals surface area contributed by atoms with Gasteiger partial charge < -0.3 is 14.2 Å². The van der Waals surface area contributed by atoms with Gasteiger partial charge in [0.05, 0.1) is 0 Å². The molecule has 2 aliphatic carbocycles. The minimum atomic E-state index is -0.0241. The Balaban J connectivity index is 1.31. The minimum absolute atomic E-state index is 0.0241. The van der Waals surface area contributed by atoms with Gasteiger partial charge in [-0.05, 0) is 31.7 Å². The first-order valence-electron chi connectivity index (χ1n) is 11.4. The fourth-order valence-electron chi connectivity index (χ4n) is 4.71. The number of carbonyl (C=O) groups excluding carboxylic acids is 2. The molecule has 0 unspecified atom stereocenters. The number of thioether (sulfide) groups is 1. The Hall–Kier alpha value is -1.95. The molecule has 2 heterocycles. The van der Waals surface area contributed by atoms with Crippen LogP contribution in [0, 0.1) is 5.92 Å². The van der Waals surface area contributed by atoms with Crippen LogP contribution >= 0.6 is 11.8 Å². The first-order chi connectivity index (χ1) is 14.7. The molecule has 3 fully saturated rings. The van der Waals surface area contributed by atoms with Crippen molar-refractivity contribution in [2.24, 2.45) is 5.92 Å². The summed E-state index contributed by atoms with van der Waals surface area (Å²) in [7, 11) is 0. The van der Waals surface area contributed by atoms with Crippen LogP contribution in [-0.2, 0) is 10.5 Å². The van der Waals surface area contributed by atoms with E-state index >= 15 is 0 Å². The summed E-state index contributed by atoms with van der Waals surface area (Å²) in [4.78, 5) is 29.5. The largest absolute Gasteiger partial charge is 0.451 e. The number of amides is 2. The van der Waals surface area contributed by atoms with Crippen LogP contribution in [0.4, 0.5) is 0 Å². The van der Waals surface area contributed by atoms with Gasteiger partial charge in [-0.3, -0.25) is 9.59 Å². The molecule has 1 aromatic heterocycles. The van der Waals surface area contributed by atoms with Gasteiger partial charge in [-0.15, -0.1) is 0 Å². The number of rotatable bonds is 5. The van der Waals surface area contributed by atoms with Gasteiger partial charge >= 0.3 is 0 Å². The fraction of sp³-hybridized carbons (Fsp3) is 0.583. The molecule has 3 aliphatic rings. The summed E-state index contributed by atoms with van der Waals surface area (Å²) in [6, 6.07) is 8.00. The second-order valence-electron chi connectivity index (χ2n) is 8.87. The number of benzene rings is 1. The van der Waals surface area contributed by atoms with E-state index in [4.69, 9.17) is 4.42 Å². The smallest absolute Gasteiger partial charge is 0.290 e. The molecule has 2 aromatic rings. The highest BCUT2D eigenvalue weighted by Gasteiger charge is 2.36. The third-order valence-corrected chi connectivity index (χ3v) is 8.11. The molecule has 0 bridgehead atoms. The predicted molar refractivity (Wildman–Crippen MR) is 120 cm³/mol. The van der Waals surface area contributed by atoms with Gasteiger partial charge in [-0.25, -0.2) is 0 Å². The Kier molecular flexibility index (Phi) is 5.77. The Morgan fingerprint density at radius 1 is 0.933 bits per heavy atom. The van der Waals surface area contributed by atoms with Crippen LogP contribution in [0.5, 0.6) is 0 Å². The third-order valence-electron chi connectivity index (χ3n) is 6.71. The maximum Gasteiger partial charge on any atom is 0.290 e. The molecule has 5 nitrogen and oxygen atoms in total. The zero-order valence-electron chi connectivity index (χ0n) is 17.5. The van der Waals surface area contributed by atoms with E-state index in [1.54, 1.807) is 0 Å². The minimum Gasteiger partial charge on any atom is -0.451 e. The van der Waals surface area contributed by atoms with Gasteiger partial charge in [0.1, 0.15) is 5.58 Å². The molecule has 1 aromatic carbocycles. The van der Waals surface area contributed by atoms with Crippen molar-refractivity contribution in [3.8, 4) is 0 Å². The molecule has 0 atom stereocenters. The first-order valence-corrected chi connectivity index (χ1v) is 12.5.